The van der Waals surface area contributed by atoms with Gasteiger partial charge in [-0.05, 0) is 30.9 Å². The second kappa shape index (κ2) is 8.03. The fraction of sp³-hybridized carbons (Fsp3) is 0.588. The maximum Gasteiger partial charge on any atom is 0.339 e. The summed E-state index contributed by atoms with van der Waals surface area (Å²) in [5.74, 6) is 0.204. The number of aromatic carboxylic acids is 1. The van der Waals surface area contributed by atoms with Crippen LogP contribution in [0.5, 0.6) is 5.75 Å². The molecule has 0 bridgehead atoms. The van der Waals surface area contributed by atoms with Gasteiger partial charge in [0.05, 0.1) is 0 Å². The lowest BCUT2D eigenvalue weighted by Crippen LogP contribution is -2.36. The van der Waals surface area contributed by atoms with Gasteiger partial charge in [-0.15, -0.1) is 0 Å². The number of carboxylic acid groups (broad SMARTS) is 1. The molecule has 0 aliphatic heterocycles. The summed E-state index contributed by atoms with van der Waals surface area (Å²) in [6, 6.07) is 7.34. The predicted molar refractivity (Wildman–Crippen MR) is 82.9 cm³/mol. The molecular weight excluding hydrogens is 266 g/mol. The Hall–Kier alpha value is -1.55. The third kappa shape index (κ3) is 4.74. The number of carbonyl (C=O) groups is 1. The second-order valence-corrected chi connectivity index (χ2v) is 5.83. The van der Waals surface area contributed by atoms with Gasteiger partial charge in [-0.3, -0.25) is 0 Å². The molecule has 1 fully saturated rings. The van der Waals surface area contributed by atoms with Gasteiger partial charge in [-0.1, -0.05) is 38.3 Å². The number of hydrogen-bond donors (Lipinski definition) is 2. The zero-order chi connectivity index (χ0) is 15.1. The van der Waals surface area contributed by atoms with E-state index in [1.807, 2.05) is 0 Å². The van der Waals surface area contributed by atoms with E-state index in [2.05, 4.69) is 12.2 Å². The van der Waals surface area contributed by atoms with Crippen molar-refractivity contribution in [2.45, 2.75) is 45.1 Å². The summed E-state index contributed by atoms with van der Waals surface area (Å²) >= 11 is 0. The largest absolute Gasteiger partial charge is 0.491 e. The Bertz CT molecular complexity index is 461. The zero-order valence-corrected chi connectivity index (χ0v) is 12.7. The molecule has 2 N–H and O–H groups in total. The van der Waals surface area contributed by atoms with E-state index in [1.54, 1.807) is 24.3 Å². The lowest BCUT2D eigenvalue weighted by Gasteiger charge is -2.23. The van der Waals surface area contributed by atoms with Crippen molar-refractivity contribution < 1.29 is 14.6 Å². The van der Waals surface area contributed by atoms with E-state index in [0.29, 0.717) is 24.3 Å². The minimum Gasteiger partial charge on any atom is -0.491 e. The Labute approximate surface area is 126 Å². The van der Waals surface area contributed by atoms with E-state index in [1.165, 1.54) is 32.1 Å². The van der Waals surface area contributed by atoms with E-state index < -0.39 is 5.97 Å². The van der Waals surface area contributed by atoms with E-state index in [4.69, 9.17) is 9.84 Å². The lowest BCUT2D eigenvalue weighted by atomic mass is 9.97. The average Bonchev–Trinajstić information content (AvgIpc) is 2.68. The lowest BCUT2D eigenvalue weighted by molar-refractivity contribution is 0.0692. The first-order valence-electron chi connectivity index (χ1n) is 7.87. The summed E-state index contributed by atoms with van der Waals surface area (Å²) in [7, 11) is 0. The number of rotatable bonds is 6. The molecule has 2 unspecified atom stereocenters. The molecule has 1 aromatic rings. The molecule has 4 heteroatoms. The molecule has 0 saturated heterocycles. The van der Waals surface area contributed by atoms with Crippen LogP contribution in [0.3, 0.4) is 0 Å². The monoisotopic (exact) mass is 291 g/mol. The van der Waals surface area contributed by atoms with Crippen molar-refractivity contribution in [1.29, 1.82) is 0 Å². The van der Waals surface area contributed by atoms with Crippen LogP contribution in [0.4, 0.5) is 0 Å². The normalized spacial score (nSPS) is 22.5. The highest BCUT2D eigenvalue weighted by Crippen LogP contribution is 2.23. The second-order valence-electron chi connectivity index (χ2n) is 5.83. The average molecular weight is 291 g/mol. The molecule has 0 aromatic heterocycles. The van der Waals surface area contributed by atoms with Crippen LogP contribution in [-0.4, -0.2) is 30.3 Å². The summed E-state index contributed by atoms with van der Waals surface area (Å²) in [4.78, 5) is 11.1. The molecular formula is C17H25NO3. The number of nitrogens with one attached hydrogen (secondary N) is 1. The smallest absolute Gasteiger partial charge is 0.339 e. The van der Waals surface area contributed by atoms with Gasteiger partial charge in [0.2, 0.25) is 0 Å². The molecule has 2 rings (SSSR count). The van der Waals surface area contributed by atoms with Crippen LogP contribution in [-0.2, 0) is 0 Å². The SMILES string of the molecule is CC1CCCCCC1NCCOc1ccccc1C(=O)O. The predicted octanol–water partition coefficient (Wildman–Crippen LogP) is 3.32. The quantitative estimate of drug-likeness (QED) is 0.623. The van der Waals surface area contributed by atoms with Gasteiger partial charge in [0.15, 0.2) is 0 Å². The summed E-state index contributed by atoms with van der Waals surface area (Å²) in [5, 5.41) is 12.7. The van der Waals surface area contributed by atoms with E-state index in [-0.39, 0.29) is 5.56 Å². The molecule has 2 atom stereocenters. The van der Waals surface area contributed by atoms with Crippen molar-refractivity contribution in [2.24, 2.45) is 5.92 Å². The molecule has 21 heavy (non-hydrogen) atoms. The molecule has 0 amide bonds. The van der Waals surface area contributed by atoms with Crippen LogP contribution in [0, 0.1) is 5.92 Å². The van der Waals surface area contributed by atoms with E-state index >= 15 is 0 Å². The Kier molecular flexibility index (Phi) is 6.05. The highest BCUT2D eigenvalue weighted by Gasteiger charge is 2.19. The first kappa shape index (κ1) is 15.8. The van der Waals surface area contributed by atoms with Crippen LogP contribution in [0.25, 0.3) is 0 Å². The molecule has 0 radical (unpaired) electrons. The van der Waals surface area contributed by atoms with Crippen LogP contribution >= 0.6 is 0 Å². The minimum atomic E-state index is -0.948. The van der Waals surface area contributed by atoms with Gasteiger partial charge in [0.1, 0.15) is 17.9 Å². The standard InChI is InChI=1S/C17H25NO3/c1-13-7-3-2-4-9-15(13)18-11-12-21-16-10-6-5-8-14(16)17(19)20/h5-6,8,10,13,15,18H,2-4,7,9,11-12H2,1H3,(H,19,20). The molecule has 4 nitrogen and oxygen atoms in total. The van der Waals surface area contributed by atoms with Crippen molar-refractivity contribution in [3.05, 3.63) is 29.8 Å². The molecule has 0 heterocycles. The number of ether oxygens (including phenoxy) is 1. The molecule has 1 aliphatic carbocycles. The first-order chi connectivity index (χ1) is 10.2. The van der Waals surface area contributed by atoms with Gasteiger partial charge in [-0.2, -0.15) is 0 Å². The molecule has 116 valence electrons. The van der Waals surface area contributed by atoms with Crippen molar-refractivity contribution in [2.75, 3.05) is 13.2 Å². The maximum absolute atomic E-state index is 11.1. The summed E-state index contributed by atoms with van der Waals surface area (Å²) in [6.45, 7) is 3.56. The van der Waals surface area contributed by atoms with Gasteiger partial charge in [-0.25, -0.2) is 4.79 Å². The van der Waals surface area contributed by atoms with E-state index in [0.717, 1.165) is 6.54 Å². The first-order valence-corrected chi connectivity index (χ1v) is 7.87. The topological polar surface area (TPSA) is 58.6 Å². The highest BCUT2D eigenvalue weighted by atomic mass is 16.5. The minimum absolute atomic E-state index is 0.223. The van der Waals surface area contributed by atoms with Gasteiger partial charge >= 0.3 is 5.97 Å². The van der Waals surface area contributed by atoms with Gasteiger partial charge in [0.25, 0.3) is 0 Å². The van der Waals surface area contributed by atoms with E-state index in [9.17, 15) is 4.79 Å². The molecule has 1 saturated carbocycles. The van der Waals surface area contributed by atoms with Crippen molar-refractivity contribution in [3.8, 4) is 5.75 Å². The highest BCUT2D eigenvalue weighted by molar-refractivity contribution is 5.90. The zero-order valence-electron chi connectivity index (χ0n) is 12.7. The maximum atomic E-state index is 11.1. The van der Waals surface area contributed by atoms with Crippen molar-refractivity contribution in [1.82, 2.24) is 5.32 Å². The number of hydrogen-bond acceptors (Lipinski definition) is 3. The summed E-state index contributed by atoms with van der Waals surface area (Å²) in [6.07, 6.45) is 6.49. The van der Waals surface area contributed by atoms with Crippen molar-refractivity contribution >= 4 is 5.97 Å². The number of carboxylic acids is 1. The summed E-state index contributed by atoms with van der Waals surface area (Å²) < 4.78 is 5.61. The van der Waals surface area contributed by atoms with Crippen LogP contribution in [0.15, 0.2) is 24.3 Å². The fourth-order valence-electron chi connectivity index (χ4n) is 2.97. The fourth-order valence-corrected chi connectivity index (χ4v) is 2.97. The molecule has 1 aliphatic rings. The van der Waals surface area contributed by atoms with Crippen molar-refractivity contribution in [3.63, 3.8) is 0 Å². The Balaban J connectivity index is 1.78. The van der Waals surface area contributed by atoms with Gasteiger partial charge < -0.3 is 15.2 Å². The number of para-hydroxylation sites is 1. The van der Waals surface area contributed by atoms with Gasteiger partial charge in [0, 0.05) is 12.6 Å². The molecule has 1 aromatic carbocycles. The number of benzene rings is 1. The van der Waals surface area contributed by atoms with Crippen LogP contribution < -0.4 is 10.1 Å². The Morgan fingerprint density at radius 1 is 1.29 bits per heavy atom. The third-order valence-electron chi connectivity index (χ3n) is 4.25. The Morgan fingerprint density at radius 3 is 2.86 bits per heavy atom. The molecule has 0 spiro atoms. The Morgan fingerprint density at radius 2 is 2.05 bits per heavy atom. The van der Waals surface area contributed by atoms with Crippen LogP contribution in [0.1, 0.15) is 49.4 Å². The van der Waals surface area contributed by atoms with Crippen LogP contribution in [0.2, 0.25) is 0 Å². The summed E-state index contributed by atoms with van der Waals surface area (Å²) in [5.41, 5.74) is 0.223. The third-order valence-corrected chi connectivity index (χ3v) is 4.25.